The molecule has 1 heterocycles. The highest BCUT2D eigenvalue weighted by Crippen LogP contribution is 2.33. The summed E-state index contributed by atoms with van der Waals surface area (Å²) in [6.45, 7) is 4.54. The molecule has 1 aliphatic heterocycles. The van der Waals surface area contributed by atoms with Gasteiger partial charge in [-0.15, -0.1) is 0 Å². The van der Waals surface area contributed by atoms with Crippen LogP contribution in [0.25, 0.3) is 0 Å². The van der Waals surface area contributed by atoms with Crippen LogP contribution in [0, 0.1) is 14.1 Å². The van der Waals surface area contributed by atoms with Gasteiger partial charge in [-0.05, 0) is 70.2 Å². The molecule has 1 fully saturated rings. The highest BCUT2D eigenvalue weighted by Gasteiger charge is 2.25. The number of carbonyl (C=O) groups is 2. The zero-order chi connectivity index (χ0) is 17.7. The predicted molar refractivity (Wildman–Crippen MR) is 106 cm³/mol. The van der Waals surface area contributed by atoms with Crippen LogP contribution < -0.4 is 4.74 Å². The number of nitrogens with zero attached hydrogens (tertiary/aromatic N) is 1. The first-order valence-electron chi connectivity index (χ1n) is 7.62. The minimum Gasteiger partial charge on any atom is -0.492 e. The van der Waals surface area contributed by atoms with Gasteiger partial charge >= 0.3 is 5.97 Å². The molecule has 1 aromatic carbocycles. The van der Waals surface area contributed by atoms with E-state index >= 15 is 0 Å². The first-order chi connectivity index (χ1) is 11.4. The normalized spacial score (nSPS) is 14.5. The molecule has 0 bridgehead atoms. The quantitative estimate of drug-likeness (QED) is 0.429. The van der Waals surface area contributed by atoms with Gasteiger partial charge in [0, 0.05) is 23.1 Å². The second-order valence-electron chi connectivity index (χ2n) is 5.44. The van der Waals surface area contributed by atoms with E-state index in [0.29, 0.717) is 50.6 Å². The molecule has 0 spiro atoms. The van der Waals surface area contributed by atoms with Crippen molar-refractivity contribution >= 4 is 57.1 Å². The molecule has 0 radical (unpaired) electrons. The van der Waals surface area contributed by atoms with Crippen LogP contribution in [-0.2, 0) is 9.53 Å². The fourth-order valence-electron chi connectivity index (χ4n) is 2.41. The van der Waals surface area contributed by atoms with Crippen LogP contribution in [0.2, 0.25) is 0 Å². The van der Waals surface area contributed by atoms with Crippen molar-refractivity contribution in [1.82, 2.24) is 4.90 Å². The minimum absolute atomic E-state index is 0.0116. The molecular weight excluding hydrogens is 540 g/mol. The van der Waals surface area contributed by atoms with Crippen LogP contribution in [0.15, 0.2) is 6.07 Å². The van der Waals surface area contributed by atoms with E-state index in [-0.39, 0.29) is 12.3 Å². The van der Waals surface area contributed by atoms with Crippen molar-refractivity contribution in [3.05, 3.63) is 24.3 Å². The number of benzene rings is 1. The van der Waals surface area contributed by atoms with Gasteiger partial charge in [0.1, 0.15) is 5.75 Å². The van der Waals surface area contributed by atoms with Gasteiger partial charge in [-0.25, -0.2) is 0 Å². The molecule has 1 aromatic rings. The Morgan fingerprint density at radius 3 is 2.62 bits per heavy atom. The lowest BCUT2D eigenvalue weighted by Gasteiger charge is -2.28. The zero-order valence-electron chi connectivity index (χ0n) is 13.3. The molecule has 0 unspecified atom stereocenters. The number of hydrogen-bond acceptors (Lipinski definition) is 4. The van der Waals surface area contributed by atoms with Gasteiger partial charge in [-0.3, -0.25) is 9.59 Å². The minimum atomic E-state index is -0.837. The molecule has 8 heteroatoms. The van der Waals surface area contributed by atoms with Gasteiger partial charge in [0.15, 0.2) is 0 Å². The van der Waals surface area contributed by atoms with Crippen molar-refractivity contribution in [1.29, 1.82) is 0 Å². The Kier molecular flexibility index (Phi) is 7.54. The molecular formula is C16H19I2NO5. The third-order valence-electron chi connectivity index (χ3n) is 3.65. The van der Waals surface area contributed by atoms with Crippen LogP contribution in [0.1, 0.15) is 28.8 Å². The van der Waals surface area contributed by atoms with Gasteiger partial charge in [0.05, 0.1) is 29.0 Å². The molecule has 0 atom stereocenters. The summed E-state index contributed by atoms with van der Waals surface area (Å²) in [5.41, 5.74) is 1.59. The highest BCUT2D eigenvalue weighted by atomic mass is 127. The second-order valence-corrected chi connectivity index (χ2v) is 7.68. The Hall–Kier alpha value is -0.620. The maximum absolute atomic E-state index is 12.9. The number of morpholine rings is 1. The van der Waals surface area contributed by atoms with Gasteiger partial charge in [0.2, 0.25) is 0 Å². The van der Waals surface area contributed by atoms with E-state index in [1.54, 1.807) is 4.90 Å². The molecule has 2 rings (SSSR count). The average Bonchev–Trinajstić information content (AvgIpc) is 2.54. The number of halogens is 2. The number of carboxylic acid groups (broad SMARTS) is 1. The number of aliphatic carboxylic acids is 1. The second kappa shape index (κ2) is 9.18. The number of amides is 1. The van der Waals surface area contributed by atoms with Crippen LogP contribution in [-0.4, -0.2) is 54.8 Å². The molecule has 0 aliphatic carbocycles. The molecule has 1 N–H and O–H groups in total. The number of carboxylic acids is 1. The molecule has 24 heavy (non-hydrogen) atoms. The van der Waals surface area contributed by atoms with Gasteiger partial charge < -0.3 is 19.5 Å². The first-order valence-corrected chi connectivity index (χ1v) is 9.77. The summed E-state index contributed by atoms with van der Waals surface area (Å²) < 4.78 is 12.8. The standard InChI is InChI=1S/C16H19I2NO5/c1-10-9-11(17)13(16(22)19-4-7-23-8-5-19)14(18)15(10)24-6-2-3-12(20)21/h9H,2-8H2,1H3,(H,20,21). The van der Waals surface area contributed by atoms with Crippen LogP contribution >= 0.6 is 45.2 Å². The third-order valence-corrected chi connectivity index (χ3v) is 5.53. The average molecular weight is 559 g/mol. The fraction of sp³-hybridized carbons (Fsp3) is 0.500. The summed E-state index contributed by atoms with van der Waals surface area (Å²) in [5, 5.41) is 8.70. The van der Waals surface area contributed by atoms with Gasteiger partial charge in [0.25, 0.3) is 5.91 Å². The first kappa shape index (κ1) is 19.7. The van der Waals surface area contributed by atoms with Crippen molar-refractivity contribution in [3.8, 4) is 5.75 Å². The smallest absolute Gasteiger partial charge is 0.303 e. The SMILES string of the molecule is Cc1cc(I)c(C(=O)N2CCOCC2)c(I)c1OCCCC(=O)O. The topological polar surface area (TPSA) is 76.1 Å². The Morgan fingerprint density at radius 2 is 2.00 bits per heavy atom. The van der Waals surface area contributed by atoms with Crippen LogP contribution in [0.3, 0.4) is 0 Å². The summed E-state index contributed by atoms with van der Waals surface area (Å²) in [6, 6.07) is 1.93. The monoisotopic (exact) mass is 559 g/mol. The van der Waals surface area contributed by atoms with Crippen molar-refractivity contribution in [2.75, 3.05) is 32.9 Å². The largest absolute Gasteiger partial charge is 0.492 e. The number of carbonyl (C=O) groups excluding carboxylic acids is 1. The van der Waals surface area contributed by atoms with E-state index in [9.17, 15) is 9.59 Å². The lowest BCUT2D eigenvalue weighted by Crippen LogP contribution is -2.41. The fourth-order valence-corrected chi connectivity index (χ4v) is 5.00. The van der Waals surface area contributed by atoms with Crippen LogP contribution in [0.5, 0.6) is 5.75 Å². The summed E-state index contributed by atoms with van der Waals surface area (Å²) in [5.74, 6) is -0.184. The lowest BCUT2D eigenvalue weighted by molar-refractivity contribution is -0.137. The van der Waals surface area contributed by atoms with E-state index < -0.39 is 5.97 Å². The van der Waals surface area contributed by atoms with Crippen LogP contribution in [0.4, 0.5) is 0 Å². The van der Waals surface area contributed by atoms with Gasteiger partial charge in [-0.1, -0.05) is 0 Å². The zero-order valence-corrected chi connectivity index (χ0v) is 17.6. The molecule has 1 aliphatic rings. The Bertz CT molecular complexity index is 629. The Labute approximate surface area is 168 Å². The van der Waals surface area contributed by atoms with E-state index in [1.807, 2.05) is 13.0 Å². The predicted octanol–water partition coefficient (Wildman–Crippen LogP) is 2.92. The molecule has 0 aromatic heterocycles. The van der Waals surface area contributed by atoms with E-state index in [4.69, 9.17) is 14.6 Å². The number of ether oxygens (including phenoxy) is 2. The third kappa shape index (κ3) is 4.94. The highest BCUT2D eigenvalue weighted by molar-refractivity contribution is 14.1. The summed E-state index contributed by atoms with van der Waals surface area (Å²) in [7, 11) is 0. The molecule has 132 valence electrons. The number of rotatable bonds is 6. The van der Waals surface area contributed by atoms with E-state index in [2.05, 4.69) is 45.2 Å². The molecule has 1 amide bonds. The maximum atomic E-state index is 12.9. The van der Waals surface area contributed by atoms with Crippen molar-refractivity contribution in [2.24, 2.45) is 0 Å². The van der Waals surface area contributed by atoms with E-state index in [1.165, 1.54) is 0 Å². The molecule has 6 nitrogen and oxygen atoms in total. The lowest BCUT2D eigenvalue weighted by atomic mass is 10.1. The summed E-state index contributed by atoms with van der Waals surface area (Å²) in [6.07, 6.45) is 0.503. The Morgan fingerprint density at radius 1 is 1.33 bits per heavy atom. The van der Waals surface area contributed by atoms with Crippen molar-refractivity contribution in [2.45, 2.75) is 19.8 Å². The summed E-state index contributed by atoms with van der Waals surface area (Å²) >= 11 is 4.32. The molecule has 0 saturated carbocycles. The summed E-state index contributed by atoms with van der Waals surface area (Å²) in [4.78, 5) is 25.2. The maximum Gasteiger partial charge on any atom is 0.303 e. The Balaban J connectivity index is 2.20. The van der Waals surface area contributed by atoms with Gasteiger partial charge in [-0.2, -0.15) is 0 Å². The number of hydrogen-bond donors (Lipinski definition) is 1. The number of aryl methyl sites for hydroxylation is 1. The van der Waals surface area contributed by atoms with Crippen molar-refractivity contribution in [3.63, 3.8) is 0 Å². The van der Waals surface area contributed by atoms with E-state index in [0.717, 1.165) is 12.7 Å². The molecule has 1 saturated heterocycles. The van der Waals surface area contributed by atoms with Crippen molar-refractivity contribution < 1.29 is 24.2 Å².